The van der Waals surface area contributed by atoms with Gasteiger partial charge in [-0.05, 0) is 50.2 Å². The Hall–Kier alpha value is -2.14. The second-order valence-corrected chi connectivity index (χ2v) is 5.98. The zero-order chi connectivity index (χ0) is 16.1. The molecule has 0 aliphatic rings. The van der Waals surface area contributed by atoms with Crippen LogP contribution >= 0.6 is 15.9 Å². The first-order valence-electron chi connectivity index (χ1n) is 6.89. The second-order valence-electron chi connectivity index (χ2n) is 5.06. The molecular weight excluding hydrogens is 344 g/mol. The molecule has 2 aromatic rings. The van der Waals surface area contributed by atoms with Crippen molar-refractivity contribution in [3.8, 4) is 0 Å². The van der Waals surface area contributed by atoms with E-state index < -0.39 is 6.04 Å². The molecule has 0 fully saturated rings. The first kappa shape index (κ1) is 16.2. The van der Waals surface area contributed by atoms with Gasteiger partial charge < -0.3 is 10.6 Å². The summed E-state index contributed by atoms with van der Waals surface area (Å²) in [5.74, 6) is -0.523. The molecule has 5 heteroatoms. The van der Waals surface area contributed by atoms with Crippen molar-refractivity contribution in [3.63, 3.8) is 0 Å². The van der Waals surface area contributed by atoms with Crippen molar-refractivity contribution in [2.75, 3.05) is 5.32 Å². The molecule has 2 amide bonds. The number of hydrogen-bond donors (Lipinski definition) is 2. The highest BCUT2D eigenvalue weighted by molar-refractivity contribution is 9.10. The monoisotopic (exact) mass is 360 g/mol. The molecule has 0 aromatic heterocycles. The quantitative estimate of drug-likeness (QED) is 0.876. The van der Waals surface area contributed by atoms with E-state index in [4.69, 9.17) is 0 Å². The predicted molar refractivity (Wildman–Crippen MR) is 90.9 cm³/mol. The molecule has 22 heavy (non-hydrogen) atoms. The van der Waals surface area contributed by atoms with Gasteiger partial charge in [-0.1, -0.05) is 33.6 Å². The Bertz CT molecular complexity index is 683. The van der Waals surface area contributed by atoms with E-state index in [-0.39, 0.29) is 11.8 Å². The van der Waals surface area contributed by atoms with Gasteiger partial charge in [0.25, 0.3) is 5.91 Å². The van der Waals surface area contributed by atoms with Gasteiger partial charge in [-0.3, -0.25) is 9.59 Å². The maximum Gasteiger partial charge on any atom is 0.251 e. The summed E-state index contributed by atoms with van der Waals surface area (Å²) in [5.41, 5.74) is 2.23. The average Bonchev–Trinajstić information content (AvgIpc) is 2.49. The SMILES string of the molecule is Cc1cccc(C(=O)NC(C)C(=O)Nc2ccc(Br)cc2)c1. The summed E-state index contributed by atoms with van der Waals surface area (Å²) < 4.78 is 0.936. The van der Waals surface area contributed by atoms with Gasteiger partial charge >= 0.3 is 0 Å². The van der Waals surface area contributed by atoms with Crippen LogP contribution in [0.1, 0.15) is 22.8 Å². The molecule has 1 unspecified atom stereocenters. The molecule has 0 heterocycles. The van der Waals surface area contributed by atoms with E-state index in [0.717, 1.165) is 10.0 Å². The fourth-order valence-electron chi connectivity index (χ4n) is 1.92. The Morgan fingerprint density at radius 2 is 1.77 bits per heavy atom. The lowest BCUT2D eigenvalue weighted by Gasteiger charge is -2.14. The molecule has 0 aliphatic carbocycles. The number of halogens is 1. The highest BCUT2D eigenvalue weighted by atomic mass is 79.9. The lowest BCUT2D eigenvalue weighted by molar-refractivity contribution is -0.117. The Morgan fingerprint density at radius 3 is 2.41 bits per heavy atom. The van der Waals surface area contributed by atoms with Crippen LogP contribution in [0.15, 0.2) is 53.0 Å². The summed E-state index contributed by atoms with van der Waals surface area (Å²) >= 11 is 3.34. The van der Waals surface area contributed by atoms with E-state index in [2.05, 4.69) is 26.6 Å². The predicted octanol–water partition coefficient (Wildman–Crippen LogP) is 3.51. The number of carbonyl (C=O) groups is 2. The van der Waals surface area contributed by atoms with E-state index in [1.54, 1.807) is 31.2 Å². The van der Waals surface area contributed by atoms with Gasteiger partial charge in [-0.2, -0.15) is 0 Å². The van der Waals surface area contributed by atoms with Crippen molar-refractivity contribution in [2.24, 2.45) is 0 Å². The van der Waals surface area contributed by atoms with Gasteiger partial charge in [0.15, 0.2) is 0 Å². The third-order valence-corrected chi connectivity index (χ3v) is 3.66. The van der Waals surface area contributed by atoms with Crippen molar-refractivity contribution in [1.29, 1.82) is 0 Å². The number of amides is 2. The first-order valence-corrected chi connectivity index (χ1v) is 7.69. The van der Waals surface area contributed by atoms with Gasteiger partial charge in [-0.25, -0.2) is 0 Å². The van der Waals surface area contributed by atoms with Crippen molar-refractivity contribution >= 4 is 33.4 Å². The molecule has 0 saturated heterocycles. The summed E-state index contributed by atoms with van der Waals surface area (Å²) in [6.45, 7) is 3.57. The topological polar surface area (TPSA) is 58.2 Å². The molecular formula is C17H17BrN2O2. The Labute approximate surface area is 138 Å². The van der Waals surface area contributed by atoms with Gasteiger partial charge in [-0.15, -0.1) is 0 Å². The van der Waals surface area contributed by atoms with E-state index >= 15 is 0 Å². The maximum absolute atomic E-state index is 12.1. The average molecular weight is 361 g/mol. The maximum atomic E-state index is 12.1. The van der Waals surface area contributed by atoms with Crippen LogP contribution in [0.25, 0.3) is 0 Å². The molecule has 114 valence electrons. The highest BCUT2D eigenvalue weighted by Gasteiger charge is 2.16. The van der Waals surface area contributed by atoms with Crippen LogP contribution in [-0.4, -0.2) is 17.9 Å². The van der Waals surface area contributed by atoms with Gasteiger partial charge in [0.1, 0.15) is 6.04 Å². The number of rotatable bonds is 4. The third-order valence-electron chi connectivity index (χ3n) is 3.13. The van der Waals surface area contributed by atoms with Crippen LogP contribution in [0.3, 0.4) is 0 Å². The lowest BCUT2D eigenvalue weighted by atomic mass is 10.1. The molecule has 0 aliphatic heterocycles. The number of aryl methyl sites for hydroxylation is 1. The van der Waals surface area contributed by atoms with Crippen LogP contribution in [0.4, 0.5) is 5.69 Å². The molecule has 2 N–H and O–H groups in total. The minimum atomic E-state index is -0.628. The van der Waals surface area contributed by atoms with Gasteiger partial charge in [0.05, 0.1) is 0 Å². The molecule has 4 nitrogen and oxygen atoms in total. The molecule has 0 saturated carbocycles. The van der Waals surface area contributed by atoms with E-state index in [0.29, 0.717) is 11.3 Å². The van der Waals surface area contributed by atoms with Crippen molar-refractivity contribution < 1.29 is 9.59 Å². The van der Waals surface area contributed by atoms with E-state index in [1.807, 2.05) is 31.2 Å². The smallest absolute Gasteiger partial charge is 0.251 e. The summed E-state index contributed by atoms with van der Waals surface area (Å²) in [5, 5.41) is 5.46. The van der Waals surface area contributed by atoms with Crippen LogP contribution < -0.4 is 10.6 Å². The zero-order valence-corrected chi connectivity index (χ0v) is 14.0. The van der Waals surface area contributed by atoms with Crippen molar-refractivity contribution in [3.05, 3.63) is 64.1 Å². The zero-order valence-electron chi connectivity index (χ0n) is 12.4. The molecule has 0 bridgehead atoms. The number of anilines is 1. The molecule has 0 radical (unpaired) electrons. The number of nitrogens with one attached hydrogen (secondary N) is 2. The normalized spacial score (nSPS) is 11.6. The molecule has 1 atom stereocenters. The standard InChI is InChI=1S/C17H17BrN2O2/c1-11-4-3-5-13(10-11)17(22)19-12(2)16(21)20-15-8-6-14(18)7-9-15/h3-10,12H,1-2H3,(H,19,22)(H,20,21). The van der Waals surface area contributed by atoms with Crippen molar-refractivity contribution in [1.82, 2.24) is 5.32 Å². The Morgan fingerprint density at radius 1 is 1.09 bits per heavy atom. The molecule has 2 rings (SSSR count). The van der Waals surface area contributed by atoms with E-state index in [1.165, 1.54) is 0 Å². The number of hydrogen-bond acceptors (Lipinski definition) is 2. The Kier molecular flexibility index (Phi) is 5.33. The summed E-state index contributed by atoms with van der Waals surface area (Å²) in [7, 11) is 0. The van der Waals surface area contributed by atoms with Crippen LogP contribution in [0.5, 0.6) is 0 Å². The summed E-state index contributed by atoms with van der Waals surface area (Å²) in [6.07, 6.45) is 0. The van der Waals surface area contributed by atoms with Crippen molar-refractivity contribution in [2.45, 2.75) is 19.9 Å². The highest BCUT2D eigenvalue weighted by Crippen LogP contribution is 2.14. The second kappa shape index (κ2) is 7.22. The molecule has 0 spiro atoms. The van der Waals surface area contributed by atoms with Crippen LogP contribution in [-0.2, 0) is 4.79 Å². The minimum absolute atomic E-state index is 0.261. The summed E-state index contributed by atoms with van der Waals surface area (Å²) in [6, 6.07) is 13.9. The van der Waals surface area contributed by atoms with Gasteiger partial charge in [0, 0.05) is 15.7 Å². The van der Waals surface area contributed by atoms with E-state index in [9.17, 15) is 9.59 Å². The number of benzene rings is 2. The lowest BCUT2D eigenvalue weighted by Crippen LogP contribution is -2.41. The van der Waals surface area contributed by atoms with Gasteiger partial charge in [0.2, 0.25) is 5.91 Å². The fraction of sp³-hybridized carbons (Fsp3) is 0.176. The summed E-state index contributed by atoms with van der Waals surface area (Å²) in [4.78, 5) is 24.2. The van der Waals surface area contributed by atoms with Crippen LogP contribution in [0.2, 0.25) is 0 Å². The van der Waals surface area contributed by atoms with Crippen LogP contribution in [0, 0.1) is 6.92 Å². The first-order chi connectivity index (χ1) is 10.5. The Balaban J connectivity index is 1.96. The molecule has 2 aromatic carbocycles. The minimum Gasteiger partial charge on any atom is -0.341 e. The largest absolute Gasteiger partial charge is 0.341 e. The third kappa shape index (κ3) is 4.43. The fourth-order valence-corrected chi connectivity index (χ4v) is 2.18. The number of carbonyl (C=O) groups excluding carboxylic acids is 2.